The average Bonchev–Trinajstić information content (AvgIpc) is 2.24. The number of carbonyl (C=O) groups is 1. The number of carbonyl (C=O) groups excluding carboxylic acids is 1. The van der Waals surface area contributed by atoms with Crippen LogP contribution in [0.4, 0.5) is 5.82 Å². The number of hydrogen-bond donors (Lipinski definition) is 3. The van der Waals surface area contributed by atoms with Gasteiger partial charge in [0.15, 0.2) is 0 Å². The molecule has 0 saturated carbocycles. The Kier molecular flexibility index (Phi) is 4.43. The highest BCUT2D eigenvalue weighted by molar-refractivity contribution is 7.88. The minimum Gasteiger partial charge on any atom is -0.382 e. The standard InChI is InChI=1S/C10H17N5O3S/c1-10(2,15-19(3,17)18)6-14-9(16)7-4-13-8(11)5-12-7/h4-5,15H,6H2,1-3H3,(H2,11,13)(H,14,16). The molecule has 106 valence electrons. The van der Waals surface area contributed by atoms with Crippen LogP contribution in [0.1, 0.15) is 24.3 Å². The Hall–Kier alpha value is -1.74. The summed E-state index contributed by atoms with van der Waals surface area (Å²) in [5.74, 6) is -0.230. The highest BCUT2D eigenvalue weighted by Crippen LogP contribution is 2.03. The van der Waals surface area contributed by atoms with Crippen molar-refractivity contribution in [3.05, 3.63) is 18.1 Å². The maximum absolute atomic E-state index is 11.7. The van der Waals surface area contributed by atoms with Gasteiger partial charge in [-0.2, -0.15) is 0 Å². The second kappa shape index (κ2) is 5.49. The van der Waals surface area contributed by atoms with E-state index in [9.17, 15) is 13.2 Å². The van der Waals surface area contributed by atoms with E-state index in [2.05, 4.69) is 20.0 Å². The lowest BCUT2D eigenvalue weighted by molar-refractivity contribution is 0.0939. The summed E-state index contributed by atoms with van der Waals surface area (Å²) in [7, 11) is -3.35. The lowest BCUT2D eigenvalue weighted by atomic mass is 10.1. The van der Waals surface area contributed by atoms with Crippen LogP contribution in [0.15, 0.2) is 12.4 Å². The molecule has 0 radical (unpaired) electrons. The van der Waals surface area contributed by atoms with E-state index in [1.54, 1.807) is 13.8 Å². The fourth-order valence-electron chi connectivity index (χ4n) is 1.39. The Labute approximate surface area is 111 Å². The fourth-order valence-corrected chi connectivity index (χ4v) is 2.46. The number of sulfonamides is 1. The molecule has 19 heavy (non-hydrogen) atoms. The summed E-state index contributed by atoms with van der Waals surface area (Å²) in [5.41, 5.74) is 4.67. The summed E-state index contributed by atoms with van der Waals surface area (Å²) < 4.78 is 24.7. The zero-order valence-electron chi connectivity index (χ0n) is 11.0. The maximum Gasteiger partial charge on any atom is 0.271 e. The Morgan fingerprint density at radius 3 is 2.47 bits per heavy atom. The number of nitrogens with zero attached hydrogens (tertiary/aromatic N) is 2. The van der Waals surface area contributed by atoms with E-state index >= 15 is 0 Å². The van der Waals surface area contributed by atoms with Crippen molar-refractivity contribution in [1.29, 1.82) is 0 Å². The van der Waals surface area contributed by atoms with E-state index in [0.29, 0.717) is 0 Å². The Morgan fingerprint density at radius 2 is 2.00 bits per heavy atom. The first-order chi connectivity index (χ1) is 8.59. The number of hydrogen-bond acceptors (Lipinski definition) is 6. The quantitative estimate of drug-likeness (QED) is 0.645. The van der Waals surface area contributed by atoms with Gasteiger partial charge in [-0.1, -0.05) is 0 Å². The molecule has 4 N–H and O–H groups in total. The van der Waals surface area contributed by atoms with Crippen molar-refractivity contribution in [3.8, 4) is 0 Å². The smallest absolute Gasteiger partial charge is 0.271 e. The summed E-state index contributed by atoms with van der Waals surface area (Å²) in [6.45, 7) is 3.43. The van der Waals surface area contributed by atoms with Gasteiger partial charge in [0.25, 0.3) is 5.91 Å². The highest BCUT2D eigenvalue weighted by atomic mass is 32.2. The molecule has 1 amide bonds. The molecule has 1 aromatic rings. The Bertz CT molecular complexity index is 553. The van der Waals surface area contributed by atoms with Gasteiger partial charge in [-0.05, 0) is 13.8 Å². The normalized spacial score (nSPS) is 12.2. The molecule has 0 fully saturated rings. The molecule has 0 atom stereocenters. The number of nitrogens with two attached hydrogens (primary N) is 1. The molecule has 1 aromatic heterocycles. The molecule has 1 heterocycles. The molecule has 0 unspecified atom stereocenters. The maximum atomic E-state index is 11.7. The number of nitrogen functional groups attached to an aromatic ring is 1. The van der Waals surface area contributed by atoms with Crippen LogP contribution in [0.25, 0.3) is 0 Å². The van der Waals surface area contributed by atoms with Crippen LogP contribution >= 0.6 is 0 Å². The molecular weight excluding hydrogens is 270 g/mol. The lowest BCUT2D eigenvalue weighted by Gasteiger charge is -2.25. The van der Waals surface area contributed by atoms with Gasteiger partial charge in [-0.25, -0.2) is 23.1 Å². The third kappa shape index (κ3) is 5.62. The lowest BCUT2D eigenvalue weighted by Crippen LogP contribution is -2.51. The third-order valence-corrected chi connectivity index (χ3v) is 2.98. The second-order valence-corrected chi connectivity index (χ2v) is 6.52. The molecule has 0 spiro atoms. The van der Waals surface area contributed by atoms with E-state index in [4.69, 9.17) is 5.73 Å². The van der Waals surface area contributed by atoms with E-state index in [0.717, 1.165) is 6.26 Å². The molecule has 9 heteroatoms. The van der Waals surface area contributed by atoms with Crippen molar-refractivity contribution in [3.63, 3.8) is 0 Å². The predicted octanol–water partition coefficient (Wildman–Crippen LogP) is -0.884. The van der Waals surface area contributed by atoms with Gasteiger partial charge in [-0.15, -0.1) is 0 Å². The number of nitrogens with one attached hydrogen (secondary N) is 2. The first-order valence-corrected chi connectivity index (χ1v) is 7.33. The molecule has 0 aromatic carbocycles. The van der Waals surface area contributed by atoms with Gasteiger partial charge in [0.1, 0.15) is 11.5 Å². The van der Waals surface area contributed by atoms with Crippen molar-refractivity contribution in [2.24, 2.45) is 0 Å². The van der Waals surface area contributed by atoms with Crippen molar-refractivity contribution in [2.75, 3.05) is 18.5 Å². The van der Waals surface area contributed by atoms with E-state index in [1.165, 1.54) is 12.4 Å². The van der Waals surface area contributed by atoms with Crippen LogP contribution in [-0.4, -0.2) is 42.6 Å². The van der Waals surface area contributed by atoms with Crippen LogP contribution in [0, 0.1) is 0 Å². The predicted molar refractivity (Wildman–Crippen MR) is 70.8 cm³/mol. The monoisotopic (exact) mass is 287 g/mol. The van der Waals surface area contributed by atoms with Gasteiger partial charge < -0.3 is 11.1 Å². The SMILES string of the molecule is CC(C)(CNC(=O)c1cnc(N)cn1)NS(C)(=O)=O. The minimum atomic E-state index is -3.35. The molecule has 8 nitrogen and oxygen atoms in total. The molecule has 0 saturated heterocycles. The highest BCUT2D eigenvalue weighted by Gasteiger charge is 2.23. The molecule has 0 bridgehead atoms. The molecule has 0 aliphatic rings. The van der Waals surface area contributed by atoms with Crippen molar-refractivity contribution in [1.82, 2.24) is 20.0 Å². The average molecular weight is 287 g/mol. The first-order valence-electron chi connectivity index (χ1n) is 5.44. The summed E-state index contributed by atoms with van der Waals surface area (Å²) in [4.78, 5) is 19.3. The number of amides is 1. The summed E-state index contributed by atoms with van der Waals surface area (Å²) >= 11 is 0. The first kappa shape index (κ1) is 15.3. The number of rotatable bonds is 5. The third-order valence-electron chi connectivity index (χ3n) is 2.06. The second-order valence-electron chi connectivity index (χ2n) is 4.77. The minimum absolute atomic E-state index is 0.115. The molecule has 0 aliphatic carbocycles. The zero-order chi connectivity index (χ0) is 14.7. The number of aromatic nitrogens is 2. The van der Waals surface area contributed by atoms with Crippen LogP contribution in [0.2, 0.25) is 0 Å². The number of anilines is 1. The van der Waals surface area contributed by atoms with Crippen molar-refractivity contribution < 1.29 is 13.2 Å². The Balaban J connectivity index is 2.61. The fraction of sp³-hybridized carbons (Fsp3) is 0.500. The topological polar surface area (TPSA) is 127 Å². The van der Waals surface area contributed by atoms with Crippen LogP contribution in [0.3, 0.4) is 0 Å². The van der Waals surface area contributed by atoms with E-state index in [1.807, 2.05) is 0 Å². The largest absolute Gasteiger partial charge is 0.382 e. The zero-order valence-corrected chi connectivity index (χ0v) is 11.8. The van der Waals surface area contributed by atoms with E-state index in [-0.39, 0.29) is 18.1 Å². The molecule has 1 rings (SSSR count). The van der Waals surface area contributed by atoms with Gasteiger partial charge >= 0.3 is 0 Å². The summed E-state index contributed by atoms with van der Waals surface area (Å²) in [6.07, 6.45) is 3.58. The van der Waals surface area contributed by atoms with Crippen LogP contribution in [0.5, 0.6) is 0 Å². The van der Waals surface area contributed by atoms with Crippen LogP contribution < -0.4 is 15.8 Å². The molecule has 0 aliphatic heterocycles. The van der Waals surface area contributed by atoms with Gasteiger partial charge in [0, 0.05) is 12.1 Å². The van der Waals surface area contributed by atoms with Crippen molar-refractivity contribution in [2.45, 2.75) is 19.4 Å². The van der Waals surface area contributed by atoms with Gasteiger partial charge in [0.2, 0.25) is 10.0 Å². The molecular formula is C10H17N5O3S. The van der Waals surface area contributed by atoms with Gasteiger partial charge in [-0.3, -0.25) is 4.79 Å². The van der Waals surface area contributed by atoms with Crippen LogP contribution in [-0.2, 0) is 10.0 Å². The van der Waals surface area contributed by atoms with Crippen molar-refractivity contribution >= 4 is 21.7 Å². The Morgan fingerprint density at radius 1 is 1.37 bits per heavy atom. The van der Waals surface area contributed by atoms with Gasteiger partial charge in [0.05, 0.1) is 18.6 Å². The summed E-state index contributed by atoms with van der Waals surface area (Å²) in [6, 6.07) is 0. The summed E-state index contributed by atoms with van der Waals surface area (Å²) in [5, 5.41) is 2.57. The van der Waals surface area contributed by atoms with E-state index < -0.39 is 21.5 Å².